The number of nitrogens with one attached hydrogen (secondary N) is 1. The first-order valence-corrected chi connectivity index (χ1v) is 6.90. The Hall–Kier alpha value is -1.26. The highest BCUT2D eigenvalue weighted by Crippen LogP contribution is 2.30. The number of benzene rings is 1. The molecule has 0 spiro atoms. The molecule has 2 aromatic rings. The van der Waals surface area contributed by atoms with Crippen LogP contribution in [0.5, 0.6) is 0 Å². The van der Waals surface area contributed by atoms with Crippen LogP contribution >= 0.6 is 11.3 Å². The Labute approximate surface area is 111 Å². The molecule has 18 heavy (non-hydrogen) atoms. The van der Waals surface area contributed by atoms with E-state index < -0.39 is 0 Å². The summed E-state index contributed by atoms with van der Waals surface area (Å²) in [5, 5.41) is 3.91. The zero-order valence-electron chi connectivity index (χ0n) is 10.7. The molecule has 0 atom stereocenters. The smallest absolute Gasteiger partial charge is 0.133 e. The van der Waals surface area contributed by atoms with Crippen molar-refractivity contribution < 1.29 is 4.39 Å². The van der Waals surface area contributed by atoms with E-state index in [0.717, 1.165) is 30.1 Å². The van der Waals surface area contributed by atoms with Gasteiger partial charge in [0.25, 0.3) is 0 Å². The maximum Gasteiger partial charge on any atom is 0.133 e. The van der Waals surface area contributed by atoms with Gasteiger partial charge < -0.3 is 5.32 Å². The molecule has 0 fully saturated rings. The normalized spacial score (nSPS) is 10.8. The summed E-state index contributed by atoms with van der Waals surface area (Å²) < 4.78 is 13.7. The SMILES string of the molecule is CNCCCc1sc(-c2ccccc2F)nc1C. The maximum atomic E-state index is 13.7. The van der Waals surface area contributed by atoms with E-state index in [1.165, 1.54) is 10.9 Å². The Morgan fingerprint density at radius 1 is 1.33 bits per heavy atom. The summed E-state index contributed by atoms with van der Waals surface area (Å²) in [6, 6.07) is 6.81. The van der Waals surface area contributed by atoms with E-state index in [9.17, 15) is 4.39 Å². The second-order valence-electron chi connectivity index (χ2n) is 4.21. The summed E-state index contributed by atoms with van der Waals surface area (Å²) in [5.41, 5.74) is 1.62. The second-order valence-corrected chi connectivity index (χ2v) is 5.30. The van der Waals surface area contributed by atoms with Crippen LogP contribution < -0.4 is 5.32 Å². The standard InChI is InChI=1S/C14H17FN2S/c1-10-13(8-5-9-16-2)18-14(17-10)11-6-3-4-7-12(11)15/h3-4,6-7,16H,5,8-9H2,1-2H3. The van der Waals surface area contributed by atoms with Gasteiger partial charge in [-0.2, -0.15) is 0 Å². The van der Waals surface area contributed by atoms with Crippen molar-refractivity contribution >= 4 is 11.3 Å². The highest BCUT2D eigenvalue weighted by atomic mass is 32.1. The molecule has 0 aliphatic rings. The lowest BCUT2D eigenvalue weighted by molar-refractivity contribution is 0.631. The Morgan fingerprint density at radius 3 is 2.83 bits per heavy atom. The van der Waals surface area contributed by atoms with Crippen LogP contribution in [0.4, 0.5) is 4.39 Å². The van der Waals surface area contributed by atoms with Crippen molar-refractivity contribution in [3.63, 3.8) is 0 Å². The van der Waals surface area contributed by atoms with Gasteiger partial charge in [0.05, 0.1) is 5.69 Å². The average molecular weight is 264 g/mol. The van der Waals surface area contributed by atoms with E-state index in [0.29, 0.717) is 5.56 Å². The van der Waals surface area contributed by atoms with Crippen LogP contribution in [-0.4, -0.2) is 18.6 Å². The minimum absolute atomic E-state index is 0.201. The first-order valence-electron chi connectivity index (χ1n) is 6.08. The van der Waals surface area contributed by atoms with Crippen molar-refractivity contribution in [2.45, 2.75) is 19.8 Å². The maximum absolute atomic E-state index is 13.7. The molecule has 0 bridgehead atoms. The van der Waals surface area contributed by atoms with Crippen LogP contribution in [0.2, 0.25) is 0 Å². The third-order valence-corrected chi connectivity index (χ3v) is 4.08. The predicted molar refractivity (Wildman–Crippen MR) is 74.5 cm³/mol. The topological polar surface area (TPSA) is 24.9 Å². The number of halogens is 1. The number of thiazole rings is 1. The van der Waals surface area contributed by atoms with Crippen molar-refractivity contribution in [2.75, 3.05) is 13.6 Å². The number of aromatic nitrogens is 1. The van der Waals surface area contributed by atoms with Gasteiger partial charge in [0.2, 0.25) is 0 Å². The summed E-state index contributed by atoms with van der Waals surface area (Å²) in [6.45, 7) is 2.99. The quantitative estimate of drug-likeness (QED) is 0.837. The van der Waals surface area contributed by atoms with Crippen molar-refractivity contribution in [1.82, 2.24) is 10.3 Å². The molecule has 0 saturated heterocycles. The Balaban J connectivity index is 2.21. The summed E-state index contributed by atoms with van der Waals surface area (Å²) in [6.07, 6.45) is 2.08. The molecule has 1 heterocycles. The Morgan fingerprint density at radius 2 is 2.11 bits per heavy atom. The number of aryl methyl sites for hydroxylation is 2. The molecule has 96 valence electrons. The van der Waals surface area contributed by atoms with Gasteiger partial charge in [0, 0.05) is 10.4 Å². The lowest BCUT2D eigenvalue weighted by Crippen LogP contribution is -2.08. The van der Waals surface area contributed by atoms with Crippen molar-refractivity contribution in [3.8, 4) is 10.6 Å². The highest BCUT2D eigenvalue weighted by Gasteiger charge is 2.11. The monoisotopic (exact) mass is 264 g/mol. The minimum Gasteiger partial charge on any atom is -0.320 e. The largest absolute Gasteiger partial charge is 0.320 e. The number of hydrogen-bond acceptors (Lipinski definition) is 3. The summed E-state index contributed by atoms with van der Waals surface area (Å²) in [7, 11) is 1.95. The van der Waals surface area contributed by atoms with Crippen molar-refractivity contribution in [3.05, 3.63) is 40.7 Å². The van der Waals surface area contributed by atoms with Gasteiger partial charge in [-0.3, -0.25) is 0 Å². The molecule has 4 heteroatoms. The second kappa shape index (κ2) is 6.07. The fourth-order valence-corrected chi connectivity index (χ4v) is 2.97. The fraction of sp³-hybridized carbons (Fsp3) is 0.357. The molecular weight excluding hydrogens is 247 g/mol. The zero-order chi connectivity index (χ0) is 13.0. The predicted octanol–water partition coefficient (Wildman–Crippen LogP) is 3.41. The number of hydrogen-bond donors (Lipinski definition) is 1. The molecule has 0 aliphatic carbocycles. The Bertz CT molecular complexity index is 522. The van der Waals surface area contributed by atoms with Crippen LogP contribution in [0.3, 0.4) is 0 Å². The van der Waals surface area contributed by atoms with Gasteiger partial charge in [0.1, 0.15) is 10.8 Å². The van der Waals surface area contributed by atoms with Crippen molar-refractivity contribution in [2.24, 2.45) is 0 Å². The van der Waals surface area contributed by atoms with E-state index in [-0.39, 0.29) is 5.82 Å². The van der Waals surface area contributed by atoms with Gasteiger partial charge in [-0.1, -0.05) is 12.1 Å². The van der Waals surface area contributed by atoms with Gasteiger partial charge in [0.15, 0.2) is 0 Å². The average Bonchev–Trinajstić information content (AvgIpc) is 2.72. The third-order valence-electron chi connectivity index (χ3n) is 2.83. The fourth-order valence-electron chi connectivity index (χ4n) is 1.84. The molecule has 0 radical (unpaired) electrons. The van der Waals surface area contributed by atoms with Crippen LogP contribution in [0.25, 0.3) is 10.6 Å². The van der Waals surface area contributed by atoms with E-state index in [2.05, 4.69) is 10.3 Å². The van der Waals surface area contributed by atoms with E-state index in [1.807, 2.05) is 20.0 Å². The minimum atomic E-state index is -0.201. The first kappa shape index (κ1) is 13.2. The van der Waals surface area contributed by atoms with Crippen molar-refractivity contribution in [1.29, 1.82) is 0 Å². The molecular formula is C14H17FN2S. The Kier molecular flexibility index (Phi) is 4.44. The lowest BCUT2D eigenvalue weighted by Gasteiger charge is -1.98. The van der Waals surface area contributed by atoms with Gasteiger partial charge in [-0.05, 0) is 45.5 Å². The molecule has 1 aromatic carbocycles. The molecule has 0 aliphatic heterocycles. The summed E-state index contributed by atoms with van der Waals surface area (Å²) >= 11 is 1.60. The van der Waals surface area contributed by atoms with Crippen LogP contribution in [-0.2, 0) is 6.42 Å². The first-order chi connectivity index (χ1) is 8.72. The van der Waals surface area contributed by atoms with Crippen LogP contribution in [0.15, 0.2) is 24.3 Å². The van der Waals surface area contributed by atoms with E-state index in [4.69, 9.17) is 0 Å². The molecule has 0 amide bonds. The highest BCUT2D eigenvalue weighted by molar-refractivity contribution is 7.15. The molecule has 1 aromatic heterocycles. The van der Waals surface area contributed by atoms with E-state index >= 15 is 0 Å². The van der Waals surface area contributed by atoms with E-state index in [1.54, 1.807) is 23.5 Å². The third kappa shape index (κ3) is 2.94. The number of rotatable bonds is 5. The lowest BCUT2D eigenvalue weighted by atomic mass is 10.2. The van der Waals surface area contributed by atoms with Gasteiger partial charge >= 0.3 is 0 Å². The number of nitrogens with zero attached hydrogens (tertiary/aromatic N) is 1. The van der Waals surface area contributed by atoms with Crippen LogP contribution in [0, 0.1) is 12.7 Å². The van der Waals surface area contributed by atoms with Crippen LogP contribution in [0.1, 0.15) is 17.0 Å². The summed E-state index contributed by atoms with van der Waals surface area (Å²) in [5.74, 6) is -0.201. The molecule has 0 saturated carbocycles. The zero-order valence-corrected chi connectivity index (χ0v) is 11.5. The molecule has 0 unspecified atom stereocenters. The molecule has 2 rings (SSSR count). The molecule has 1 N–H and O–H groups in total. The van der Waals surface area contributed by atoms with Gasteiger partial charge in [-0.15, -0.1) is 11.3 Å². The summed E-state index contributed by atoms with van der Waals surface area (Å²) in [4.78, 5) is 5.73. The molecule has 2 nitrogen and oxygen atoms in total. The van der Waals surface area contributed by atoms with Gasteiger partial charge in [-0.25, -0.2) is 9.37 Å².